The van der Waals surface area contributed by atoms with E-state index in [1.54, 1.807) is 18.2 Å². The Balaban J connectivity index is 1.93. The fourth-order valence-corrected chi connectivity index (χ4v) is 3.17. The summed E-state index contributed by atoms with van der Waals surface area (Å²) in [4.78, 5) is 35.1. The van der Waals surface area contributed by atoms with Crippen molar-refractivity contribution in [3.05, 3.63) is 68.2 Å². The van der Waals surface area contributed by atoms with E-state index in [0.29, 0.717) is 16.8 Å². The largest absolute Gasteiger partial charge is 0.493 e. The van der Waals surface area contributed by atoms with Gasteiger partial charge in [0.2, 0.25) is 0 Å². The monoisotopic (exact) mass is 522 g/mol. The Morgan fingerprint density at radius 1 is 1.09 bits per heavy atom. The van der Waals surface area contributed by atoms with Gasteiger partial charge in [0, 0.05) is 22.2 Å². The number of halogens is 1. The maximum absolute atomic E-state index is 12.7. The summed E-state index contributed by atoms with van der Waals surface area (Å²) >= 11 is 8.39. The lowest BCUT2D eigenvalue weighted by atomic mass is 10.2. The lowest BCUT2D eigenvalue weighted by Crippen LogP contribution is -2.48. The molecule has 2 aromatic rings. The molecule has 0 spiro atoms. The molecule has 0 saturated heterocycles. The third-order valence-corrected chi connectivity index (χ3v) is 4.97. The number of nitro groups is 1. The zero-order valence-electron chi connectivity index (χ0n) is 17.4. The summed E-state index contributed by atoms with van der Waals surface area (Å²) in [5.41, 5.74) is 4.83. The number of carbonyl (C=O) groups excluding carboxylic acids is 2. The third-order valence-electron chi connectivity index (χ3n) is 4.28. The minimum Gasteiger partial charge on any atom is -0.493 e. The number of hydrogen-bond donors (Lipinski definition) is 3. The van der Waals surface area contributed by atoms with Crippen LogP contribution in [0.2, 0.25) is 0 Å². The maximum Gasteiger partial charge on any atom is 0.270 e. The van der Waals surface area contributed by atoms with Gasteiger partial charge in [0.15, 0.2) is 5.11 Å². The quantitative estimate of drug-likeness (QED) is 0.194. The highest BCUT2D eigenvalue weighted by Crippen LogP contribution is 2.23. The molecule has 32 heavy (non-hydrogen) atoms. The fourth-order valence-electron chi connectivity index (χ4n) is 2.66. The van der Waals surface area contributed by atoms with Gasteiger partial charge in [-0.15, -0.1) is 0 Å². The normalized spacial score (nSPS) is 10.2. The third kappa shape index (κ3) is 7.89. The number of nitrogens with zero attached hydrogens (tertiary/aromatic N) is 1. The number of unbranched alkanes of at least 4 members (excludes halogenated alkanes) is 3. The van der Waals surface area contributed by atoms with Crippen LogP contribution in [0.5, 0.6) is 5.75 Å². The molecule has 0 bridgehead atoms. The lowest BCUT2D eigenvalue weighted by molar-refractivity contribution is -0.384. The summed E-state index contributed by atoms with van der Waals surface area (Å²) in [6.45, 7) is 2.62. The molecule has 170 valence electrons. The van der Waals surface area contributed by atoms with Gasteiger partial charge in [0.05, 0.1) is 17.1 Å². The summed E-state index contributed by atoms with van der Waals surface area (Å²) in [5.74, 6) is -0.744. The summed E-state index contributed by atoms with van der Waals surface area (Å²) < 4.78 is 6.45. The summed E-state index contributed by atoms with van der Waals surface area (Å²) in [7, 11) is 0. The van der Waals surface area contributed by atoms with Crippen LogP contribution in [0.1, 0.15) is 53.3 Å². The van der Waals surface area contributed by atoms with Crippen LogP contribution in [-0.2, 0) is 0 Å². The summed E-state index contributed by atoms with van der Waals surface area (Å²) in [6.07, 6.45) is 4.18. The molecule has 0 saturated carbocycles. The highest BCUT2D eigenvalue weighted by molar-refractivity contribution is 9.10. The van der Waals surface area contributed by atoms with Crippen LogP contribution in [0, 0.1) is 10.1 Å². The van der Waals surface area contributed by atoms with Crippen LogP contribution in [0.4, 0.5) is 5.69 Å². The van der Waals surface area contributed by atoms with Gasteiger partial charge in [0.1, 0.15) is 5.75 Å². The number of thiocarbonyl (C=S) groups is 1. The van der Waals surface area contributed by atoms with Gasteiger partial charge < -0.3 is 4.74 Å². The smallest absolute Gasteiger partial charge is 0.270 e. The Labute approximate surface area is 199 Å². The van der Waals surface area contributed by atoms with E-state index >= 15 is 0 Å². The van der Waals surface area contributed by atoms with E-state index < -0.39 is 16.7 Å². The van der Waals surface area contributed by atoms with Gasteiger partial charge in [-0.2, -0.15) is 0 Å². The van der Waals surface area contributed by atoms with Crippen molar-refractivity contribution >= 4 is 50.8 Å². The number of rotatable bonds is 9. The van der Waals surface area contributed by atoms with Crippen molar-refractivity contribution in [1.82, 2.24) is 16.2 Å². The van der Waals surface area contributed by atoms with Crippen LogP contribution < -0.4 is 20.9 Å². The molecular formula is C21H23BrN4O5S. The molecule has 0 atom stereocenters. The van der Waals surface area contributed by atoms with E-state index in [-0.39, 0.29) is 21.9 Å². The van der Waals surface area contributed by atoms with Crippen molar-refractivity contribution in [2.24, 2.45) is 0 Å². The van der Waals surface area contributed by atoms with Crippen molar-refractivity contribution < 1.29 is 19.2 Å². The SMILES string of the molecule is CCCCCCOc1ccc(Br)cc1C(=O)NC(=S)NNC(=O)c1cccc([N+](=O)[O-])c1. The first-order chi connectivity index (χ1) is 15.3. The molecule has 0 heterocycles. The molecule has 0 aliphatic carbocycles. The van der Waals surface area contributed by atoms with Gasteiger partial charge in [-0.3, -0.25) is 35.9 Å². The van der Waals surface area contributed by atoms with Gasteiger partial charge in [0.25, 0.3) is 17.5 Å². The van der Waals surface area contributed by atoms with Crippen LogP contribution in [0.25, 0.3) is 0 Å². The molecule has 0 aliphatic heterocycles. The minimum atomic E-state index is -0.649. The van der Waals surface area contributed by atoms with E-state index in [0.717, 1.165) is 31.7 Å². The number of carbonyl (C=O) groups is 2. The van der Waals surface area contributed by atoms with Crippen LogP contribution in [0.3, 0.4) is 0 Å². The number of non-ortho nitro benzene ring substituents is 1. The number of amides is 2. The predicted octanol–water partition coefficient (Wildman–Crippen LogP) is 4.27. The van der Waals surface area contributed by atoms with Crippen molar-refractivity contribution in [1.29, 1.82) is 0 Å². The topological polar surface area (TPSA) is 123 Å². The van der Waals surface area contributed by atoms with Gasteiger partial charge in [-0.05, 0) is 42.9 Å². The molecule has 9 nitrogen and oxygen atoms in total. The van der Waals surface area contributed by atoms with Gasteiger partial charge in [-0.25, -0.2) is 0 Å². The standard InChI is InChI=1S/C21H23BrN4O5S/c1-2-3-4-5-11-31-18-10-9-15(22)13-17(18)20(28)23-21(32)25-24-19(27)14-7-6-8-16(12-14)26(29)30/h6-10,12-13H,2-5,11H2,1H3,(H,24,27)(H2,23,25,28,32). The zero-order valence-corrected chi connectivity index (χ0v) is 19.8. The molecule has 0 aromatic heterocycles. The molecule has 2 rings (SSSR count). The highest BCUT2D eigenvalue weighted by Gasteiger charge is 2.16. The minimum absolute atomic E-state index is 0.0616. The van der Waals surface area contributed by atoms with Crippen molar-refractivity contribution in [2.45, 2.75) is 32.6 Å². The molecule has 3 N–H and O–H groups in total. The average molecular weight is 523 g/mol. The second-order valence-electron chi connectivity index (χ2n) is 6.72. The van der Waals surface area contributed by atoms with E-state index in [1.165, 1.54) is 18.2 Å². The van der Waals surface area contributed by atoms with E-state index in [1.807, 2.05) is 0 Å². The van der Waals surface area contributed by atoms with Crippen molar-refractivity contribution in [3.8, 4) is 5.75 Å². The number of hydrogen-bond acceptors (Lipinski definition) is 6. The Hall–Kier alpha value is -3.05. The molecule has 0 aliphatic rings. The highest BCUT2D eigenvalue weighted by atomic mass is 79.9. The first-order valence-electron chi connectivity index (χ1n) is 9.90. The maximum atomic E-state index is 12.7. The molecule has 0 radical (unpaired) electrons. The average Bonchev–Trinajstić information content (AvgIpc) is 2.78. The van der Waals surface area contributed by atoms with Gasteiger partial charge in [-0.1, -0.05) is 48.2 Å². The lowest BCUT2D eigenvalue weighted by Gasteiger charge is -2.14. The van der Waals surface area contributed by atoms with Crippen LogP contribution in [0.15, 0.2) is 46.9 Å². The summed E-state index contributed by atoms with van der Waals surface area (Å²) in [6, 6.07) is 10.3. The molecule has 2 amide bonds. The van der Waals surface area contributed by atoms with Crippen molar-refractivity contribution in [3.63, 3.8) is 0 Å². The molecule has 0 unspecified atom stereocenters. The van der Waals surface area contributed by atoms with E-state index in [4.69, 9.17) is 17.0 Å². The number of ether oxygens (including phenoxy) is 1. The summed E-state index contributed by atoms with van der Waals surface area (Å²) in [5, 5.41) is 13.2. The van der Waals surface area contributed by atoms with E-state index in [2.05, 4.69) is 39.0 Å². The second-order valence-corrected chi connectivity index (χ2v) is 8.04. The molecular weight excluding hydrogens is 500 g/mol. The van der Waals surface area contributed by atoms with E-state index in [9.17, 15) is 19.7 Å². The first-order valence-corrected chi connectivity index (χ1v) is 11.1. The Bertz CT molecular complexity index is 1000. The Kier molecular flexibility index (Phi) is 10.0. The zero-order chi connectivity index (χ0) is 23.5. The first kappa shape index (κ1) is 25.2. The Morgan fingerprint density at radius 3 is 2.59 bits per heavy atom. The molecule has 11 heteroatoms. The second kappa shape index (κ2) is 12.7. The number of hydrazine groups is 1. The van der Waals surface area contributed by atoms with Crippen LogP contribution >= 0.6 is 28.1 Å². The Morgan fingerprint density at radius 2 is 1.88 bits per heavy atom. The molecule has 0 fully saturated rings. The predicted molar refractivity (Wildman–Crippen MR) is 128 cm³/mol. The van der Waals surface area contributed by atoms with Crippen molar-refractivity contribution in [2.75, 3.05) is 6.61 Å². The fraction of sp³-hybridized carbons (Fsp3) is 0.286. The molecule has 2 aromatic carbocycles. The number of nitrogens with one attached hydrogen (secondary N) is 3. The van der Waals surface area contributed by atoms with Gasteiger partial charge >= 0.3 is 0 Å². The number of nitro benzene ring substituents is 1. The number of benzene rings is 2. The van der Waals surface area contributed by atoms with Crippen LogP contribution in [-0.4, -0.2) is 28.5 Å².